The van der Waals surface area contributed by atoms with E-state index in [4.69, 9.17) is 25.5 Å². The second-order valence-electron chi connectivity index (χ2n) is 8.91. The molecule has 4 aromatic rings. The summed E-state index contributed by atoms with van der Waals surface area (Å²) in [6.07, 6.45) is 1.58. The molecule has 0 aliphatic carbocycles. The van der Waals surface area contributed by atoms with Gasteiger partial charge >= 0.3 is 5.97 Å². The summed E-state index contributed by atoms with van der Waals surface area (Å²) in [5.74, 6) is 0.348. The zero-order valence-corrected chi connectivity index (χ0v) is 24.0. The molecule has 0 atom stereocenters. The highest BCUT2D eigenvalue weighted by molar-refractivity contribution is 6.34. The number of hydrogen-bond acceptors (Lipinski definition) is 7. The number of anilines is 2. The van der Waals surface area contributed by atoms with Crippen LogP contribution in [0, 0.1) is 0 Å². The van der Waals surface area contributed by atoms with Gasteiger partial charge in [0.1, 0.15) is 11.5 Å². The fraction of sp³-hybridized carbons (Fsp3) is 0.125. The van der Waals surface area contributed by atoms with E-state index < -0.39 is 5.97 Å². The summed E-state index contributed by atoms with van der Waals surface area (Å²) < 4.78 is 15.4. The first kappa shape index (κ1) is 29.8. The van der Waals surface area contributed by atoms with Crippen LogP contribution in [0.25, 0.3) is 11.3 Å². The van der Waals surface area contributed by atoms with Gasteiger partial charge in [0.15, 0.2) is 0 Å². The molecule has 0 fully saturated rings. The van der Waals surface area contributed by atoms with Gasteiger partial charge in [0.2, 0.25) is 0 Å². The lowest BCUT2D eigenvalue weighted by Crippen LogP contribution is -2.21. The Morgan fingerprint density at radius 3 is 2.50 bits per heavy atom. The second-order valence-corrected chi connectivity index (χ2v) is 9.32. The SMILES string of the molecule is C=C1C(=O)N(c2cccc(C(=O)OCC)c2)N=C1C.COc1cccc(NC(=O)c2cc(-c3ccco3)ccc2Cl)c1. The predicted octanol–water partition coefficient (Wildman–Crippen LogP) is 7.00. The van der Waals surface area contributed by atoms with Crippen molar-refractivity contribution < 1.29 is 28.3 Å². The average Bonchev–Trinajstić information content (AvgIpc) is 3.63. The van der Waals surface area contributed by atoms with Crippen molar-refractivity contribution in [3.8, 4) is 17.1 Å². The van der Waals surface area contributed by atoms with Gasteiger partial charge in [0.25, 0.3) is 11.8 Å². The Kier molecular flexibility index (Phi) is 9.57. The highest BCUT2D eigenvalue weighted by Crippen LogP contribution is 2.27. The highest BCUT2D eigenvalue weighted by Gasteiger charge is 2.27. The van der Waals surface area contributed by atoms with Crippen LogP contribution in [-0.2, 0) is 9.53 Å². The van der Waals surface area contributed by atoms with Crippen molar-refractivity contribution in [2.45, 2.75) is 13.8 Å². The van der Waals surface area contributed by atoms with E-state index in [9.17, 15) is 14.4 Å². The minimum absolute atomic E-state index is 0.279. The molecule has 0 spiro atoms. The van der Waals surface area contributed by atoms with Gasteiger partial charge in [-0.3, -0.25) is 9.59 Å². The number of benzene rings is 3. The number of nitrogens with one attached hydrogen (secondary N) is 1. The van der Waals surface area contributed by atoms with E-state index in [1.807, 2.05) is 12.1 Å². The Labute approximate surface area is 248 Å². The van der Waals surface area contributed by atoms with Gasteiger partial charge < -0.3 is 19.2 Å². The highest BCUT2D eigenvalue weighted by atomic mass is 35.5. The van der Waals surface area contributed by atoms with E-state index in [-0.39, 0.29) is 11.8 Å². The molecule has 1 N–H and O–H groups in total. The summed E-state index contributed by atoms with van der Waals surface area (Å²) in [5.41, 5.74) is 3.64. The monoisotopic (exact) mass is 585 g/mol. The number of nitrogens with zero attached hydrogens (tertiary/aromatic N) is 2. The van der Waals surface area contributed by atoms with Crippen molar-refractivity contribution in [1.29, 1.82) is 0 Å². The first-order valence-electron chi connectivity index (χ1n) is 12.9. The predicted molar refractivity (Wildman–Crippen MR) is 162 cm³/mol. The van der Waals surface area contributed by atoms with Crippen molar-refractivity contribution in [2.24, 2.45) is 5.10 Å². The Hall–Kier alpha value is -5.15. The third-order valence-electron chi connectivity index (χ3n) is 6.08. The lowest BCUT2D eigenvalue weighted by molar-refractivity contribution is -0.114. The Bertz CT molecular complexity index is 1660. The van der Waals surface area contributed by atoms with Crippen molar-refractivity contribution in [3.63, 3.8) is 0 Å². The molecule has 0 saturated heterocycles. The summed E-state index contributed by atoms with van der Waals surface area (Å²) in [6.45, 7) is 7.43. The van der Waals surface area contributed by atoms with Crippen LogP contribution < -0.4 is 15.1 Å². The number of esters is 1. The smallest absolute Gasteiger partial charge is 0.338 e. The molecule has 10 heteroatoms. The number of amides is 2. The molecule has 0 radical (unpaired) electrons. The van der Waals surface area contributed by atoms with E-state index in [1.165, 1.54) is 5.01 Å². The molecule has 2 heterocycles. The van der Waals surface area contributed by atoms with Crippen LogP contribution in [0.1, 0.15) is 34.6 Å². The quantitative estimate of drug-likeness (QED) is 0.185. The van der Waals surface area contributed by atoms with Crippen LogP contribution in [0.5, 0.6) is 5.75 Å². The maximum Gasteiger partial charge on any atom is 0.338 e. The average molecular weight is 586 g/mol. The lowest BCUT2D eigenvalue weighted by Gasteiger charge is -2.12. The zero-order chi connectivity index (χ0) is 30.2. The van der Waals surface area contributed by atoms with Crippen LogP contribution in [0.4, 0.5) is 11.4 Å². The fourth-order valence-corrected chi connectivity index (χ4v) is 4.09. The zero-order valence-electron chi connectivity index (χ0n) is 23.2. The molecule has 1 aliphatic heterocycles. The third kappa shape index (κ3) is 6.94. The second kappa shape index (κ2) is 13.5. The number of rotatable bonds is 7. The molecule has 9 nitrogen and oxygen atoms in total. The Morgan fingerprint density at radius 1 is 1.05 bits per heavy atom. The Balaban J connectivity index is 0.000000197. The number of hydrazone groups is 1. The van der Waals surface area contributed by atoms with Gasteiger partial charge in [0.05, 0.1) is 53.1 Å². The summed E-state index contributed by atoms with van der Waals surface area (Å²) in [5, 5.41) is 8.54. The number of hydrogen-bond donors (Lipinski definition) is 1. The van der Waals surface area contributed by atoms with Crippen molar-refractivity contribution in [3.05, 3.63) is 113 Å². The van der Waals surface area contributed by atoms with E-state index >= 15 is 0 Å². The maximum absolute atomic E-state index is 12.5. The van der Waals surface area contributed by atoms with E-state index in [0.29, 0.717) is 56.9 Å². The molecule has 0 bridgehead atoms. The minimum Gasteiger partial charge on any atom is -0.497 e. The van der Waals surface area contributed by atoms with E-state index in [0.717, 1.165) is 5.56 Å². The Morgan fingerprint density at radius 2 is 1.83 bits per heavy atom. The van der Waals surface area contributed by atoms with Gasteiger partial charge in [-0.25, -0.2) is 4.79 Å². The van der Waals surface area contributed by atoms with Crippen LogP contribution in [0.2, 0.25) is 5.02 Å². The molecule has 0 unspecified atom stereocenters. The number of furan rings is 1. The van der Waals surface area contributed by atoms with Crippen molar-refractivity contribution in [2.75, 3.05) is 24.0 Å². The molecule has 0 saturated carbocycles. The van der Waals surface area contributed by atoms with Crippen molar-refractivity contribution >= 4 is 46.5 Å². The van der Waals surface area contributed by atoms with Gasteiger partial charge in [-0.1, -0.05) is 30.3 Å². The number of carbonyl (C=O) groups is 3. The molecule has 2 amide bonds. The normalized spacial score (nSPS) is 12.3. The van der Waals surface area contributed by atoms with Gasteiger partial charge in [-0.15, -0.1) is 0 Å². The number of methoxy groups -OCH3 is 1. The molecule has 42 heavy (non-hydrogen) atoms. The summed E-state index contributed by atoms with van der Waals surface area (Å²) in [7, 11) is 1.57. The summed E-state index contributed by atoms with van der Waals surface area (Å²) >= 11 is 6.16. The van der Waals surface area contributed by atoms with Gasteiger partial charge in [0, 0.05) is 17.3 Å². The lowest BCUT2D eigenvalue weighted by atomic mass is 10.1. The van der Waals surface area contributed by atoms with Gasteiger partial charge in [-0.2, -0.15) is 10.1 Å². The molecule has 214 valence electrons. The summed E-state index contributed by atoms with van der Waals surface area (Å²) in [4.78, 5) is 36.1. The maximum atomic E-state index is 12.5. The standard InChI is InChI=1S/C18H14ClNO3.C14H14N2O3/c1-22-14-5-2-4-13(11-14)20-18(21)15-10-12(7-8-16(15)19)17-6-3-9-23-17;1-4-19-14(18)11-6-5-7-12(8-11)16-13(17)9(2)10(3)15-16/h2-11H,1H3,(H,20,21);5-8H,2,4H2,1,3H3. The molecule has 1 aromatic heterocycles. The van der Waals surface area contributed by atoms with Crippen LogP contribution in [0.15, 0.2) is 107 Å². The first-order valence-corrected chi connectivity index (χ1v) is 13.2. The summed E-state index contributed by atoms with van der Waals surface area (Å²) in [6, 6.07) is 22.5. The number of carbonyl (C=O) groups excluding carboxylic acids is 3. The fourth-order valence-electron chi connectivity index (χ4n) is 3.89. The van der Waals surface area contributed by atoms with Crippen LogP contribution in [0.3, 0.4) is 0 Å². The first-order chi connectivity index (χ1) is 20.2. The van der Waals surface area contributed by atoms with Gasteiger partial charge in [-0.05, 0) is 74.5 Å². The van der Waals surface area contributed by atoms with Crippen molar-refractivity contribution in [1.82, 2.24) is 0 Å². The molecule has 5 rings (SSSR count). The minimum atomic E-state index is -0.421. The molecular formula is C32H28ClN3O6. The molecule has 3 aromatic carbocycles. The van der Waals surface area contributed by atoms with E-state index in [1.54, 1.807) is 94.0 Å². The molecular weight excluding hydrogens is 558 g/mol. The number of ether oxygens (including phenoxy) is 2. The molecule has 1 aliphatic rings. The topological polar surface area (TPSA) is 110 Å². The largest absolute Gasteiger partial charge is 0.497 e. The number of halogens is 1. The third-order valence-corrected chi connectivity index (χ3v) is 6.41. The van der Waals surface area contributed by atoms with E-state index in [2.05, 4.69) is 17.0 Å². The van der Waals surface area contributed by atoms with Crippen LogP contribution in [-0.4, -0.2) is 37.2 Å². The van der Waals surface area contributed by atoms with Crippen LogP contribution >= 0.6 is 11.6 Å².